The van der Waals surface area contributed by atoms with Gasteiger partial charge in [-0.25, -0.2) is 0 Å². The number of hydrogen-bond acceptors (Lipinski definition) is 3. The first-order valence-electron chi connectivity index (χ1n) is 4.67. The minimum Gasteiger partial charge on any atom is -0.348 e. The Morgan fingerprint density at radius 3 is 2.50 bits per heavy atom. The van der Waals surface area contributed by atoms with Crippen LogP contribution in [0.2, 0.25) is 0 Å². The fraction of sp³-hybridized carbons (Fsp3) is 0.889. The van der Waals surface area contributed by atoms with Gasteiger partial charge in [-0.05, 0) is 13.3 Å². The molecule has 0 rings (SSSR count). The van der Waals surface area contributed by atoms with E-state index in [0.717, 1.165) is 6.42 Å². The third kappa shape index (κ3) is 7.03. The topological polar surface area (TPSA) is 49.4 Å². The Hall–Kier alpha value is -0.420. The Morgan fingerprint density at radius 2 is 2.07 bits per heavy atom. The van der Waals surface area contributed by atoms with E-state index in [1.54, 1.807) is 25.3 Å². The second-order valence-electron chi connectivity index (χ2n) is 3.64. The normalized spacial score (nSPS) is 14.9. The summed E-state index contributed by atoms with van der Waals surface area (Å²) >= 11 is 0. The average Bonchev–Trinajstić information content (AvgIpc) is 2.10. The number of hydrogen-bond donors (Lipinski definition) is 1. The smallest absolute Gasteiger partial charge is 0.236 e. The van der Waals surface area contributed by atoms with E-state index in [9.17, 15) is 9.00 Å². The molecule has 14 heavy (non-hydrogen) atoms. The number of carbonyl (C=O) groups excluding carboxylic acids is 1. The molecule has 0 aliphatic carbocycles. The lowest BCUT2D eigenvalue weighted by Crippen LogP contribution is -2.37. The van der Waals surface area contributed by atoms with Gasteiger partial charge in [0.15, 0.2) is 0 Å². The predicted molar refractivity (Wildman–Crippen MR) is 59.7 cm³/mol. The van der Waals surface area contributed by atoms with Crippen LogP contribution in [0.3, 0.4) is 0 Å². The molecule has 0 aromatic rings. The number of nitrogens with one attached hydrogen (secondary N) is 1. The molecule has 0 aromatic heterocycles. The number of nitrogens with zero attached hydrogens (tertiary/aromatic N) is 1. The van der Waals surface area contributed by atoms with Gasteiger partial charge < -0.3 is 10.2 Å². The summed E-state index contributed by atoms with van der Waals surface area (Å²) < 4.78 is 10.8. The van der Waals surface area contributed by atoms with Gasteiger partial charge in [-0.15, -0.1) is 0 Å². The van der Waals surface area contributed by atoms with Crippen molar-refractivity contribution in [1.82, 2.24) is 10.2 Å². The highest BCUT2D eigenvalue weighted by molar-refractivity contribution is 7.84. The van der Waals surface area contributed by atoms with Crippen molar-refractivity contribution >= 4 is 16.7 Å². The van der Waals surface area contributed by atoms with Crippen molar-refractivity contribution in [2.75, 3.05) is 32.6 Å². The van der Waals surface area contributed by atoms with Crippen molar-refractivity contribution in [1.29, 1.82) is 0 Å². The molecule has 2 atom stereocenters. The van der Waals surface area contributed by atoms with Crippen LogP contribution in [0.4, 0.5) is 0 Å². The van der Waals surface area contributed by atoms with Crippen LogP contribution in [0.1, 0.15) is 13.3 Å². The van der Waals surface area contributed by atoms with Gasteiger partial charge in [0.1, 0.15) is 0 Å². The Bertz CT molecular complexity index is 207. The molecule has 0 aliphatic rings. The predicted octanol–water partition coefficient (Wildman–Crippen LogP) is -0.179. The van der Waals surface area contributed by atoms with Crippen molar-refractivity contribution in [3.8, 4) is 0 Å². The third-order valence-electron chi connectivity index (χ3n) is 1.94. The molecule has 0 aromatic carbocycles. The Labute approximate surface area is 88.5 Å². The molecule has 0 radical (unpaired) electrons. The monoisotopic (exact) mass is 220 g/mol. The van der Waals surface area contributed by atoms with Crippen LogP contribution in [0.5, 0.6) is 0 Å². The van der Waals surface area contributed by atoms with Gasteiger partial charge in [-0.2, -0.15) is 0 Å². The van der Waals surface area contributed by atoms with Gasteiger partial charge in [-0.1, -0.05) is 0 Å². The van der Waals surface area contributed by atoms with Gasteiger partial charge in [0.05, 0.1) is 6.54 Å². The minimum absolute atomic E-state index is 0.0643. The number of amides is 1. The van der Waals surface area contributed by atoms with Crippen molar-refractivity contribution in [2.45, 2.75) is 19.4 Å². The summed E-state index contributed by atoms with van der Waals surface area (Å²) in [6, 6.07) is 0.239. The molecule has 84 valence electrons. The molecular weight excluding hydrogens is 200 g/mol. The standard InChI is InChI=1S/C9H20N2O2S/c1-8(5-6-14(4)13)10-7-9(12)11(2)3/h8,10H,5-7H2,1-4H3. The second-order valence-corrected chi connectivity index (χ2v) is 5.19. The summed E-state index contributed by atoms with van der Waals surface area (Å²) in [4.78, 5) is 12.7. The van der Waals surface area contributed by atoms with Crippen LogP contribution >= 0.6 is 0 Å². The average molecular weight is 220 g/mol. The van der Waals surface area contributed by atoms with E-state index in [4.69, 9.17) is 0 Å². The number of carbonyl (C=O) groups is 1. The summed E-state index contributed by atoms with van der Waals surface area (Å²) in [5.74, 6) is 0.749. The summed E-state index contributed by atoms with van der Waals surface area (Å²) in [5.41, 5.74) is 0. The van der Waals surface area contributed by atoms with Gasteiger partial charge in [0, 0.05) is 42.9 Å². The molecule has 0 fully saturated rings. The second kappa shape index (κ2) is 6.95. The molecule has 0 spiro atoms. The molecule has 0 saturated carbocycles. The van der Waals surface area contributed by atoms with Crippen molar-refractivity contribution < 1.29 is 9.00 Å². The lowest BCUT2D eigenvalue weighted by Gasteiger charge is -2.15. The summed E-state index contributed by atoms with van der Waals surface area (Å²) in [7, 11) is 2.72. The highest BCUT2D eigenvalue weighted by Gasteiger charge is 2.07. The summed E-state index contributed by atoms with van der Waals surface area (Å²) in [6.45, 7) is 2.35. The van der Waals surface area contributed by atoms with Crippen LogP contribution in [-0.4, -0.2) is 53.7 Å². The first kappa shape index (κ1) is 13.6. The molecular formula is C9H20N2O2S. The molecule has 1 N–H and O–H groups in total. The zero-order chi connectivity index (χ0) is 11.1. The molecule has 0 saturated heterocycles. The van der Waals surface area contributed by atoms with Crippen LogP contribution in [0.25, 0.3) is 0 Å². The largest absolute Gasteiger partial charge is 0.348 e. The quantitative estimate of drug-likeness (QED) is 0.675. The maximum absolute atomic E-state index is 11.2. The van der Waals surface area contributed by atoms with E-state index in [1.165, 1.54) is 0 Å². The maximum atomic E-state index is 11.2. The van der Waals surface area contributed by atoms with Gasteiger partial charge in [-0.3, -0.25) is 9.00 Å². The minimum atomic E-state index is -0.745. The van der Waals surface area contributed by atoms with E-state index in [0.29, 0.717) is 12.3 Å². The van der Waals surface area contributed by atoms with E-state index in [1.807, 2.05) is 6.92 Å². The Morgan fingerprint density at radius 1 is 1.50 bits per heavy atom. The zero-order valence-corrected chi connectivity index (χ0v) is 10.2. The molecule has 4 nitrogen and oxygen atoms in total. The highest BCUT2D eigenvalue weighted by atomic mass is 32.2. The molecule has 0 heterocycles. The number of likely N-dealkylation sites (N-methyl/N-ethyl adjacent to an activating group) is 1. The SMILES string of the molecule is CC(CCS(C)=O)NCC(=O)N(C)C. The molecule has 1 amide bonds. The van der Waals surface area contributed by atoms with Crippen LogP contribution in [0, 0.1) is 0 Å². The Kier molecular flexibility index (Phi) is 6.74. The number of rotatable bonds is 6. The van der Waals surface area contributed by atoms with Crippen LogP contribution in [-0.2, 0) is 15.6 Å². The molecule has 0 bridgehead atoms. The van der Waals surface area contributed by atoms with E-state index >= 15 is 0 Å². The summed E-state index contributed by atoms with van der Waals surface area (Å²) in [5, 5.41) is 3.09. The van der Waals surface area contributed by atoms with Gasteiger partial charge >= 0.3 is 0 Å². The Balaban J connectivity index is 3.58. The van der Waals surface area contributed by atoms with E-state index in [-0.39, 0.29) is 11.9 Å². The van der Waals surface area contributed by atoms with Crippen LogP contribution in [0.15, 0.2) is 0 Å². The van der Waals surface area contributed by atoms with E-state index in [2.05, 4.69) is 5.32 Å². The summed E-state index contributed by atoms with van der Waals surface area (Å²) in [6.07, 6.45) is 2.53. The highest BCUT2D eigenvalue weighted by Crippen LogP contribution is 1.92. The van der Waals surface area contributed by atoms with E-state index < -0.39 is 10.8 Å². The zero-order valence-electron chi connectivity index (χ0n) is 9.37. The van der Waals surface area contributed by atoms with Crippen molar-refractivity contribution in [2.24, 2.45) is 0 Å². The third-order valence-corrected chi connectivity index (χ3v) is 2.75. The lowest BCUT2D eigenvalue weighted by molar-refractivity contribution is -0.127. The first-order chi connectivity index (χ1) is 6.43. The first-order valence-corrected chi connectivity index (χ1v) is 6.39. The van der Waals surface area contributed by atoms with Gasteiger partial charge in [0.25, 0.3) is 0 Å². The van der Waals surface area contributed by atoms with Gasteiger partial charge in [0.2, 0.25) is 5.91 Å². The molecule has 5 heteroatoms. The molecule has 2 unspecified atom stereocenters. The van der Waals surface area contributed by atoms with Crippen molar-refractivity contribution in [3.63, 3.8) is 0 Å². The lowest BCUT2D eigenvalue weighted by atomic mass is 10.2. The molecule has 0 aliphatic heterocycles. The fourth-order valence-corrected chi connectivity index (χ4v) is 1.55. The maximum Gasteiger partial charge on any atom is 0.236 e. The van der Waals surface area contributed by atoms with Crippen LogP contribution < -0.4 is 5.32 Å². The fourth-order valence-electron chi connectivity index (χ4n) is 0.864. The van der Waals surface area contributed by atoms with Crippen molar-refractivity contribution in [3.05, 3.63) is 0 Å².